The number of ether oxygens (including phenoxy) is 1. The molecule has 4 atom stereocenters. The molecular formula is C17H18O2. The first-order valence-corrected chi connectivity index (χ1v) is 7.19. The molecule has 3 aliphatic carbocycles. The second kappa shape index (κ2) is 3.96. The Kier molecular flexibility index (Phi) is 2.35. The van der Waals surface area contributed by atoms with Crippen molar-refractivity contribution >= 4 is 11.5 Å². The van der Waals surface area contributed by atoms with Crippen molar-refractivity contribution in [2.75, 3.05) is 7.11 Å². The Morgan fingerprint density at radius 3 is 2.47 bits per heavy atom. The fourth-order valence-corrected chi connectivity index (χ4v) is 4.71. The molecule has 2 saturated carbocycles. The van der Waals surface area contributed by atoms with Gasteiger partial charge in [0.2, 0.25) is 0 Å². The second-order valence-corrected chi connectivity index (χ2v) is 6.07. The summed E-state index contributed by atoms with van der Waals surface area (Å²) in [6.07, 6.45) is 3.96. The van der Waals surface area contributed by atoms with Gasteiger partial charge >= 0.3 is 5.97 Å². The molecule has 0 spiro atoms. The van der Waals surface area contributed by atoms with Gasteiger partial charge in [0.05, 0.1) is 7.11 Å². The average molecular weight is 254 g/mol. The van der Waals surface area contributed by atoms with Crippen LogP contribution in [-0.2, 0) is 9.53 Å². The molecule has 0 unspecified atom stereocenters. The van der Waals surface area contributed by atoms with Gasteiger partial charge in [-0.2, -0.15) is 0 Å². The quantitative estimate of drug-likeness (QED) is 0.757. The third kappa shape index (κ3) is 1.40. The zero-order valence-corrected chi connectivity index (χ0v) is 11.1. The molecule has 4 rings (SSSR count). The van der Waals surface area contributed by atoms with Gasteiger partial charge in [-0.15, -0.1) is 0 Å². The monoisotopic (exact) mass is 254 g/mol. The van der Waals surface area contributed by atoms with Crippen LogP contribution in [-0.4, -0.2) is 13.1 Å². The van der Waals surface area contributed by atoms with Crippen LogP contribution in [0.3, 0.4) is 0 Å². The van der Waals surface area contributed by atoms with Gasteiger partial charge in [0.25, 0.3) is 0 Å². The fourth-order valence-electron chi connectivity index (χ4n) is 4.71. The van der Waals surface area contributed by atoms with Crippen LogP contribution in [0.25, 0.3) is 5.57 Å². The Bertz CT molecular complexity index is 558. The molecule has 3 aliphatic rings. The van der Waals surface area contributed by atoms with Gasteiger partial charge in [0.15, 0.2) is 0 Å². The van der Waals surface area contributed by atoms with Gasteiger partial charge in [-0.3, -0.25) is 0 Å². The van der Waals surface area contributed by atoms with E-state index in [-0.39, 0.29) is 5.97 Å². The number of allylic oxidation sites excluding steroid dienone is 1. The highest BCUT2D eigenvalue weighted by Crippen LogP contribution is 2.66. The van der Waals surface area contributed by atoms with E-state index < -0.39 is 0 Å². The highest BCUT2D eigenvalue weighted by Gasteiger charge is 2.58. The number of esters is 1. The second-order valence-electron chi connectivity index (χ2n) is 6.07. The molecule has 0 N–H and O–H groups in total. The van der Waals surface area contributed by atoms with E-state index in [9.17, 15) is 4.79 Å². The minimum Gasteiger partial charge on any atom is -0.466 e. The maximum atomic E-state index is 12.1. The maximum Gasteiger partial charge on any atom is 0.334 e. The maximum absolute atomic E-state index is 12.1. The lowest BCUT2D eigenvalue weighted by atomic mass is 9.59. The van der Waals surface area contributed by atoms with Crippen LogP contribution in [0.4, 0.5) is 0 Å². The van der Waals surface area contributed by atoms with Gasteiger partial charge in [-0.25, -0.2) is 4.79 Å². The Balaban J connectivity index is 1.82. The van der Waals surface area contributed by atoms with Crippen molar-refractivity contribution in [1.29, 1.82) is 0 Å². The highest BCUT2D eigenvalue weighted by molar-refractivity contribution is 6.03. The summed E-state index contributed by atoms with van der Waals surface area (Å²) in [4.78, 5) is 12.1. The lowest BCUT2D eigenvalue weighted by Gasteiger charge is -2.44. The zero-order chi connectivity index (χ0) is 13.0. The molecule has 1 aromatic carbocycles. The SMILES string of the molecule is COC(=O)C1=C(c2ccccc2)[C@@H]2[C@H]3CC[C@H](C3)[C@H]12. The molecule has 0 aromatic heterocycles. The third-order valence-corrected chi connectivity index (χ3v) is 5.36. The number of carbonyl (C=O) groups is 1. The first-order valence-electron chi connectivity index (χ1n) is 7.19. The minimum atomic E-state index is -0.104. The van der Waals surface area contributed by atoms with Crippen LogP contribution in [0.15, 0.2) is 35.9 Å². The summed E-state index contributed by atoms with van der Waals surface area (Å²) in [5, 5.41) is 0. The molecule has 0 radical (unpaired) electrons. The number of fused-ring (bicyclic) bond motifs is 5. The molecule has 2 nitrogen and oxygen atoms in total. The van der Waals surface area contributed by atoms with Gasteiger partial charge in [-0.1, -0.05) is 30.3 Å². The van der Waals surface area contributed by atoms with E-state index in [2.05, 4.69) is 24.3 Å². The standard InChI is InChI=1S/C17H18O2/c1-19-17(18)16-13(10-5-3-2-4-6-10)14-11-7-8-12(9-11)15(14)16/h2-6,11-12,14-15H,7-9H2,1H3/t11-,12+,14-,15-/m0/s1. The number of carbonyl (C=O) groups excluding carboxylic acids is 1. The van der Waals surface area contributed by atoms with E-state index in [1.165, 1.54) is 37.5 Å². The molecule has 19 heavy (non-hydrogen) atoms. The van der Waals surface area contributed by atoms with E-state index in [1.807, 2.05) is 6.07 Å². The van der Waals surface area contributed by atoms with Crippen LogP contribution >= 0.6 is 0 Å². The van der Waals surface area contributed by atoms with E-state index in [1.54, 1.807) is 0 Å². The molecule has 0 saturated heterocycles. The van der Waals surface area contributed by atoms with Crippen molar-refractivity contribution in [1.82, 2.24) is 0 Å². The van der Waals surface area contributed by atoms with E-state index >= 15 is 0 Å². The Labute approximate surface area is 113 Å². The average Bonchev–Trinajstić information content (AvgIpc) is 2.97. The summed E-state index contributed by atoms with van der Waals surface area (Å²) < 4.78 is 5.02. The molecule has 98 valence electrons. The number of rotatable bonds is 2. The highest BCUT2D eigenvalue weighted by atomic mass is 16.5. The molecule has 1 aromatic rings. The van der Waals surface area contributed by atoms with Gasteiger partial charge in [-0.05, 0) is 48.2 Å². The lowest BCUT2D eigenvalue weighted by Crippen LogP contribution is -2.38. The number of hydrogen-bond donors (Lipinski definition) is 0. The first kappa shape index (κ1) is 11.3. The topological polar surface area (TPSA) is 26.3 Å². The molecular weight excluding hydrogens is 236 g/mol. The van der Waals surface area contributed by atoms with Gasteiger partial charge < -0.3 is 4.74 Å². The predicted molar refractivity (Wildman–Crippen MR) is 73.2 cm³/mol. The summed E-state index contributed by atoms with van der Waals surface area (Å²) >= 11 is 0. The van der Waals surface area contributed by atoms with Crippen LogP contribution in [0.1, 0.15) is 24.8 Å². The number of hydrogen-bond acceptors (Lipinski definition) is 2. The smallest absolute Gasteiger partial charge is 0.334 e. The fraction of sp³-hybridized carbons (Fsp3) is 0.471. The summed E-state index contributed by atoms with van der Waals surface area (Å²) in [5.41, 5.74) is 3.48. The van der Waals surface area contributed by atoms with Gasteiger partial charge in [0, 0.05) is 11.5 Å². The molecule has 2 fully saturated rings. The lowest BCUT2D eigenvalue weighted by molar-refractivity contribution is -0.137. The van der Waals surface area contributed by atoms with Crippen LogP contribution < -0.4 is 0 Å². The van der Waals surface area contributed by atoms with E-state index in [0.29, 0.717) is 11.8 Å². The van der Waals surface area contributed by atoms with Crippen molar-refractivity contribution in [2.24, 2.45) is 23.7 Å². The molecule has 2 heteroatoms. The van der Waals surface area contributed by atoms with Crippen molar-refractivity contribution in [3.8, 4) is 0 Å². The zero-order valence-electron chi connectivity index (χ0n) is 11.1. The molecule has 0 heterocycles. The van der Waals surface area contributed by atoms with Crippen LogP contribution in [0.2, 0.25) is 0 Å². The third-order valence-electron chi connectivity index (χ3n) is 5.36. The van der Waals surface area contributed by atoms with Crippen molar-refractivity contribution in [2.45, 2.75) is 19.3 Å². The normalized spacial score (nSPS) is 35.0. The molecule has 2 bridgehead atoms. The Morgan fingerprint density at radius 2 is 1.79 bits per heavy atom. The summed E-state index contributed by atoms with van der Waals surface area (Å²) in [7, 11) is 1.50. The first-order chi connectivity index (χ1) is 9.31. The van der Waals surface area contributed by atoms with E-state index in [4.69, 9.17) is 4.74 Å². The summed E-state index contributed by atoms with van der Waals surface area (Å²) in [6.45, 7) is 0. The minimum absolute atomic E-state index is 0.104. The Hall–Kier alpha value is -1.57. The largest absolute Gasteiger partial charge is 0.466 e. The predicted octanol–water partition coefficient (Wildman–Crippen LogP) is 3.29. The summed E-state index contributed by atoms with van der Waals surface area (Å²) in [5.74, 6) is 2.54. The summed E-state index contributed by atoms with van der Waals surface area (Å²) in [6, 6.07) is 10.4. The van der Waals surface area contributed by atoms with Crippen molar-refractivity contribution in [3.05, 3.63) is 41.5 Å². The Morgan fingerprint density at radius 1 is 1.11 bits per heavy atom. The van der Waals surface area contributed by atoms with Crippen LogP contribution in [0, 0.1) is 23.7 Å². The number of methoxy groups -OCH3 is 1. The molecule has 0 aliphatic heterocycles. The van der Waals surface area contributed by atoms with Crippen LogP contribution in [0.5, 0.6) is 0 Å². The van der Waals surface area contributed by atoms with Crippen molar-refractivity contribution in [3.63, 3.8) is 0 Å². The van der Waals surface area contributed by atoms with E-state index in [0.717, 1.165) is 17.4 Å². The van der Waals surface area contributed by atoms with Gasteiger partial charge in [0.1, 0.15) is 0 Å². The van der Waals surface area contributed by atoms with Crippen molar-refractivity contribution < 1.29 is 9.53 Å². The molecule has 0 amide bonds. The number of benzene rings is 1.